The number of hydrogen-bond donors (Lipinski definition) is 1. The lowest BCUT2D eigenvalue weighted by Crippen LogP contribution is -2.25. The molecule has 2 aromatic carbocycles. The van der Waals surface area contributed by atoms with E-state index in [0.29, 0.717) is 34.2 Å². The molecule has 0 saturated carbocycles. The van der Waals surface area contributed by atoms with Gasteiger partial charge in [-0.1, -0.05) is 29.4 Å². The van der Waals surface area contributed by atoms with Crippen LogP contribution in [-0.2, 0) is 17.8 Å². The van der Waals surface area contributed by atoms with Crippen LogP contribution in [0.3, 0.4) is 0 Å². The molecule has 2 heterocycles. The van der Waals surface area contributed by atoms with Crippen molar-refractivity contribution >= 4 is 45.6 Å². The fourth-order valence-corrected chi connectivity index (χ4v) is 3.61. The number of carbonyl (C=O) groups is 2. The molecule has 3 aromatic rings. The van der Waals surface area contributed by atoms with Gasteiger partial charge >= 0.3 is 0 Å². The molecular weight excluding hydrogens is 376 g/mol. The smallest absolute Gasteiger partial charge is 0.286 e. The van der Waals surface area contributed by atoms with Crippen LogP contribution < -0.4 is 10.1 Å². The van der Waals surface area contributed by atoms with Gasteiger partial charge in [-0.2, -0.15) is 0 Å². The molecule has 0 bridgehead atoms. The molecule has 1 fully saturated rings. The third-order valence-electron chi connectivity index (χ3n) is 3.86. The van der Waals surface area contributed by atoms with E-state index in [-0.39, 0.29) is 17.8 Å². The molecule has 1 atom stereocenters. The number of imide groups is 1. The lowest BCUT2D eigenvalue weighted by molar-refractivity contribution is -0.118. The number of halogens is 1. The van der Waals surface area contributed by atoms with Gasteiger partial charge in [0.2, 0.25) is 11.8 Å². The molecule has 8 heteroatoms. The Morgan fingerprint density at radius 3 is 2.73 bits per heavy atom. The first kappa shape index (κ1) is 16.9. The standard InChI is InChI=1S/C18H13ClN2O4S/c19-11-2-4-12(5-3-11)24-9-16-20-13-7-10(1-6-14(13)25-16)8-15-17(22)21-18(23)26-15/h1-7,15H,8-9H2,(H,21,22,23). The highest BCUT2D eigenvalue weighted by molar-refractivity contribution is 8.15. The lowest BCUT2D eigenvalue weighted by atomic mass is 10.1. The van der Waals surface area contributed by atoms with Gasteiger partial charge in [0.15, 0.2) is 12.2 Å². The van der Waals surface area contributed by atoms with Crippen LogP contribution in [0.1, 0.15) is 11.5 Å². The van der Waals surface area contributed by atoms with Crippen molar-refractivity contribution in [1.29, 1.82) is 0 Å². The Morgan fingerprint density at radius 2 is 2.00 bits per heavy atom. The molecule has 1 aromatic heterocycles. The van der Waals surface area contributed by atoms with Gasteiger partial charge in [0.05, 0.1) is 5.25 Å². The molecule has 0 radical (unpaired) electrons. The summed E-state index contributed by atoms with van der Waals surface area (Å²) in [6.07, 6.45) is 0.460. The third kappa shape index (κ3) is 3.68. The van der Waals surface area contributed by atoms with Crippen LogP contribution in [0.2, 0.25) is 5.02 Å². The van der Waals surface area contributed by atoms with Gasteiger partial charge in [-0.05, 0) is 48.4 Å². The molecule has 1 aliphatic heterocycles. The number of benzene rings is 2. The Labute approximate surface area is 157 Å². The van der Waals surface area contributed by atoms with E-state index in [1.165, 1.54) is 0 Å². The molecule has 26 heavy (non-hydrogen) atoms. The minimum Gasteiger partial charge on any atom is -0.484 e. The van der Waals surface area contributed by atoms with E-state index in [1.807, 2.05) is 18.2 Å². The number of oxazole rings is 1. The number of rotatable bonds is 5. The van der Waals surface area contributed by atoms with E-state index in [1.54, 1.807) is 24.3 Å². The number of nitrogens with zero attached hydrogens (tertiary/aromatic N) is 1. The van der Waals surface area contributed by atoms with Gasteiger partial charge in [0.25, 0.3) is 5.24 Å². The Kier molecular flexibility index (Phi) is 4.57. The Balaban J connectivity index is 1.46. The Hall–Kier alpha value is -2.51. The summed E-state index contributed by atoms with van der Waals surface area (Å²) in [6, 6.07) is 12.6. The summed E-state index contributed by atoms with van der Waals surface area (Å²) in [7, 11) is 0. The van der Waals surface area contributed by atoms with Crippen molar-refractivity contribution in [2.24, 2.45) is 0 Å². The van der Waals surface area contributed by atoms with Crippen molar-refractivity contribution in [3.8, 4) is 5.75 Å². The van der Waals surface area contributed by atoms with Crippen LogP contribution in [-0.4, -0.2) is 21.4 Å². The molecule has 1 N–H and O–H groups in total. The number of carbonyl (C=O) groups excluding carboxylic acids is 2. The molecule has 0 aliphatic carbocycles. The second-order valence-electron chi connectivity index (χ2n) is 5.74. The maximum absolute atomic E-state index is 11.7. The summed E-state index contributed by atoms with van der Waals surface area (Å²) in [5.74, 6) is 0.874. The van der Waals surface area contributed by atoms with Crippen LogP contribution in [0.4, 0.5) is 4.79 Å². The minimum absolute atomic E-state index is 0.195. The largest absolute Gasteiger partial charge is 0.484 e. The highest BCUT2D eigenvalue weighted by atomic mass is 35.5. The summed E-state index contributed by atoms with van der Waals surface area (Å²) in [5, 5.41) is 2.23. The van der Waals surface area contributed by atoms with Crippen LogP contribution in [0.5, 0.6) is 5.75 Å². The quantitative estimate of drug-likeness (QED) is 0.712. The number of amides is 2. The first-order chi connectivity index (χ1) is 12.6. The normalized spacial score (nSPS) is 16.9. The molecule has 132 valence electrons. The average molecular weight is 389 g/mol. The second kappa shape index (κ2) is 7.01. The average Bonchev–Trinajstić information content (AvgIpc) is 3.16. The van der Waals surface area contributed by atoms with E-state index in [0.717, 1.165) is 17.3 Å². The zero-order valence-corrected chi connectivity index (χ0v) is 15.0. The highest BCUT2D eigenvalue weighted by Crippen LogP contribution is 2.25. The predicted octanol–water partition coefficient (Wildman–Crippen LogP) is 3.95. The van der Waals surface area contributed by atoms with Crippen molar-refractivity contribution in [2.45, 2.75) is 18.3 Å². The van der Waals surface area contributed by atoms with Gasteiger partial charge in [0.1, 0.15) is 11.3 Å². The number of fused-ring (bicyclic) bond motifs is 1. The number of thioether (sulfide) groups is 1. The third-order valence-corrected chi connectivity index (χ3v) is 5.09. The second-order valence-corrected chi connectivity index (χ2v) is 7.35. The molecule has 6 nitrogen and oxygen atoms in total. The molecule has 4 rings (SSSR count). The SMILES string of the molecule is O=C1NC(=O)C(Cc2ccc3oc(COc4ccc(Cl)cc4)nc3c2)S1. The van der Waals surface area contributed by atoms with E-state index in [4.69, 9.17) is 20.8 Å². The molecule has 0 spiro atoms. The molecule has 1 aliphatic rings. The van der Waals surface area contributed by atoms with E-state index in [2.05, 4.69) is 10.3 Å². The Morgan fingerprint density at radius 1 is 1.19 bits per heavy atom. The maximum Gasteiger partial charge on any atom is 0.286 e. The van der Waals surface area contributed by atoms with Crippen LogP contribution in [0.25, 0.3) is 11.1 Å². The Bertz CT molecular complexity index is 987. The highest BCUT2D eigenvalue weighted by Gasteiger charge is 2.31. The summed E-state index contributed by atoms with van der Waals surface area (Å²) >= 11 is 6.86. The maximum atomic E-state index is 11.7. The van der Waals surface area contributed by atoms with Crippen LogP contribution >= 0.6 is 23.4 Å². The lowest BCUT2D eigenvalue weighted by Gasteiger charge is -2.04. The van der Waals surface area contributed by atoms with Crippen molar-refractivity contribution < 1.29 is 18.7 Å². The zero-order chi connectivity index (χ0) is 18.1. The zero-order valence-electron chi connectivity index (χ0n) is 13.4. The number of hydrogen-bond acceptors (Lipinski definition) is 6. The first-order valence-electron chi connectivity index (χ1n) is 7.85. The number of aromatic nitrogens is 1. The van der Waals surface area contributed by atoms with Gasteiger partial charge < -0.3 is 9.15 Å². The summed E-state index contributed by atoms with van der Waals surface area (Å²) in [6.45, 7) is 0.195. The topological polar surface area (TPSA) is 81.4 Å². The molecule has 2 amide bonds. The van der Waals surface area contributed by atoms with Gasteiger partial charge in [-0.15, -0.1) is 0 Å². The molecule has 1 unspecified atom stereocenters. The van der Waals surface area contributed by atoms with Crippen molar-refractivity contribution in [3.05, 3.63) is 58.9 Å². The summed E-state index contributed by atoms with van der Waals surface area (Å²) in [5.41, 5.74) is 2.24. The van der Waals surface area contributed by atoms with Crippen molar-refractivity contribution in [1.82, 2.24) is 10.3 Å². The molecular formula is C18H13ClN2O4S. The first-order valence-corrected chi connectivity index (χ1v) is 9.11. The van der Waals surface area contributed by atoms with E-state index >= 15 is 0 Å². The predicted molar refractivity (Wildman–Crippen MR) is 98.4 cm³/mol. The van der Waals surface area contributed by atoms with Crippen molar-refractivity contribution in [2.75, 3.05) is 0 Å². The van der Waals surface area contributed by atoms with E-state index in [9.17, 15) is 9.59 Å². The van der Waals surface area contributed by atoms with Crippen molar-refractivity contribution in [3.63, 3.8) is 0 Å². The van der Waals surface area contributed by atoms with Gasteiger partial charge in [-0.3, -0.25) is 14.9 Å². The van der Waals surface area contributed by atoms with E-state index < -0.39 is 5.25 Å². The van der Waals surface area contributed by atoms with Gasteiger partial charge in [-0.25, -0.2) is 4.98 Å². The summed E-state index contributed by atoms with van der Waals surface area (Å²) < 4.78 is 11.3. The summed E-state index contributed by atoms with van der Waals surface area (Å²) in [4.78, 5) is 27.4. The number of ether oxygens (including phenoxy) is 1. The minimum atomic E-state index is -0.403. The van der Waals surface area contributed by atoms with Crippen LogP contribution in [0.15, 0.2) is 46.9 Å². The van der Waals surface area contributed by atoms with Crippen LogP contribution in [0, 0.1) is 0 Å². The monoisotopic (exact) mass is 388 g/mol. The fourth-order valence-electron chi connectivity index (χ4n) is 2.63. The van der Waals surface area contributed by atoms with Gasteiger partial charge in [0, 0.05) is 5.02 Å². The fraction of sp³-hybridized carbons (Fsp3) is 0.167. The molecule has 1 saturated heterocycles. The number of nitrogens with one attached hydrogen (secondary N) is 1.